The van der Waals surface area contributed by atoms with Gasteiger partial charge in [-0.2, -0.15) is 19.8 Å². The molecule has 0 rings (SSSR count). The molecular weight excluding hydrogens is 114 g/mol. The molecule has 0 aromatic rings. The van der Waals surface area contributed by atoms with Crippen LogP contribution in [0.5, 0.6) is 0 Å². The monoisotopic (exact) mass is 134 g/mol. The molecule has 48 valence electrons. The molecule has 0 radical (unpaired) electrons. The molecule has 0 amide bonds. The predicted molar refractivity (Wildman–Crippen MR) is 45.7 cm³/mol. The molecule has 6 N–H and O–H groups in total. The molecule has 0 aromatic heterocycles. The minimum atomic E-state index is 0. The molecule has 0 aliphatic heterocycles. The van der Waals surface area contributed by atoms with Gasteiger partial charge in [0.05, 0.1) is 0 Å². The average molecular weight is 134 g/mol. The summed E-state index contributed by atoms with van der Waals surface area (Å²) < 4.78 is 0. The second kappa shape index (κ2) is 217. The van der Waals surface area contributed by atoms with E-state index in [1.54, 1.807) is 0 Å². The molecule has 0 saturated heterocycles. The molecule has 0 aromatic carbocycles. The van der Waals surface area contributed by atoms with Gasteiger partial charge in [0.15, 0.2) is 0 Å². The quantitative estimate of drug-likeness (QED) is 0.495. The third-order valence-corrected chi connectivity index (χ3v) is 0. The summed E-state index contributed by atoms with van der Waals surface area (Å²) in [5, 5.41) is 0. The lowest BCUT2D eigenvalue weighted by molar-refractivity contribution is 2.13. The van der Waals surface area contributed by atoms with Crippen molar-refractivity contribution in [3.63, 3.8) is 0 Å². The van der Waals surface area contributed by atoms with Gasteiger partial charge < -0.3 is 12.3 Å². The SMILES string of the molecule is C.C.N.N.P.P. The molecule has 0 aliphatic rings. The highest BCUT2D eigenvalue weighted by Gasteiger charge is -0.0765. The zero-order chi connectivity index (χ0) is 0. The van der Waals surface area contributed by atoms with Crippen LogP contribution in [0.2, 0.25) is 0 Å². The van der Waals surface area contributed by atoms with Gasteiger partial charge in [-0.1, -0.05) is 14.9 Å². The molecule has 0 aliphatic carbocycles. The van der Waals surface area contributed by atoms with E-state index in [0.29, 0.717) is 0 Å². The Hall–Kier alpha value is 0.780. The van der Waals surface area contributed by atoms with Gasteiger partial charge in [-0.05, 0) is 0 Å². The molecule has 2 unspecified atom stereocenters. The Labute approximate surface area is 47.9 Å². The molecule has 0 fully saturated rings. The second-order valence-electron chi connectivity index (χ2n) is 0. The van der Waals surface area contributed by atoms with Crippen molar-refractivity contribution in [1.29, 1.82) is 0 Å². The number of hydrogen-bond donors (Lipinski definition) is 2. The first kappa shape index (κ1) is 372. The van der Waals surface area contributed by atoms with Gasteiger partial charge in [0.25, 0.3) is 0 Å². The number of rotatable bonds is 0. The fourth-order valence-electron chi connectivity index (χ4n) is 0. The van der Waals surface area contributed by atoms with E-state index in [9.17, 15) is 0 Å². The summed E-state index contributed by atoms with van der Waals surface area (Å²) in [5.74, 6) is 0. The minimum Gasteiger partial charge on any atom is -0.344 e. The highest BCUT2D eigenvalue weighted by atomic mass is 31.0. The summed E-state index contributed by atoms with van der Waals surface area (Å²) in [5.41, 5.74) is 0. The molecule has 2 atom stereocenters. The average Bonchev–Trinajstić information content (AvgIpc) is 0. The third kappa shape index (κ3) is 112. The van der Waals surface area contributed by atoms with Crippen molar-refractivity contribution < 1.29 is 0 Å². The largest absolute Gasteiger partial charge is 0.344 e. The van der Waals surface area contributed by atoms with Crippen molar-refractivity contribution >= 4 is 19.8 Å². The van der Waals surface area contributed by atoms with Crippen molar-refractivity contribution in [3.05, 3.63) is 0 Å². The maximum Gasteiger partial charge on any atom is -0.0776 e. The Morgan fingerprint density at radius 3 is 0.500 bits per heavy atom. The molecule has 0 bridgehead atoms. The van der Waals surface area contributed by atoms with Gasteiger partial charge in [-0.3, -0.25) is 0 Å². The predicted octanol–water partition coefficient (Wildman–Crippen LogP) is 1.71. The zero-order valence-electron chi connectivity index (χ0n) is 2.83. The van der Waals surface area contributed by atoms with Crippen LogP contribution in [0.25, 0.3) is 0 Å². The van der Waals surface area contributed by atoms with Crippen LogP contribution in [0.1, 0.15) is 14.9 Å². The first-order valence-electron chi connectivity index (χ1n) is 0. The molecule has 4 heteroatoms. The van der Waals surface area contributed by atoms with E-state index >= 15 is 0 Å². The second-order valence-corrected chi connectivity index (χ2v) is 0. The van der Waals surface area contributed by atoms with Crippen LogP contribution in [0.3, 0.4) is 0 Å². The van der Waals surface area contributed by atoms with Crippen molar-refractivity contribution in [2.45, 2.75) is 14.9 Å². The first-order chi connectivity index (χ1) is 0. The zero-order valence-corrected chi connectivity index (χ0v) is 5.66. The minimum absolute atomic E-state index is 0. The number of hydrogen-bond acceptors (Lipinski definition) is 2. The Bertz CT molecular complexity index is 9.51. The Kier molecular flexibility index (Phi) is 13500. The first-order valence-corrected chi connectivity index (χ1v) is 0. The van der Waals surface area contributed by atoms with Crippen LogP contribution in [0.15, 0.2) is 0 Å². The topological polar surface area (TPSA) is 70.0 Å². The molecular formula is C2H20N2P2. The van der Waals surface area contributed by atoms with Gasteiger partial charge in [0.2, 0.25) is 0 Å². The van der Waals surface area contributed by atoms with E-state index < -0.39 is 0 Å². The van der Waals surface area contributed by atoms with Crippen molar-refractivity contribution in [1.82, 2.24) is 12.3 Å². The van der Waals surface area contributed by atoms with Gasteiger partial charge in [-0.25, -0.2) is 0 Å². The molecule has 0 spiro atoms. The van der Waals surface area contributed by atoms with Crippen molar-refractivity contribution in [2.75, 3.05) is 0 Å². The summed E-state index contributed by atoms with van der Waals surface area (Å²) in [6.07, 6.45) is 0. The smallest absolute Gasteiger partial charge is 0.0776 e. The van der Waals surface area contributed by atoms with Crippen molar-refractivity contribution in [3.8, 4) is 0 Å². The van der Waals surface area contributed by atoms with Crippen LogP contribution in [-0.4, -0.2) is 0 Å². The van der Waals surface area contributed by atoms with Crippen LogP contribution < -0.4 is 12.3 Å². The van der Waals surface area contributed by atoms with Crippen LogP contribution in [0, 0.1) is 0 Å². The molecule has 2 nitrogen and oxygen atoms in total. The Morgan fingerprint density at radius 2 is 0.500 bits per heavy atom. The summed E-state index contributed by atoms with van der Waals surface area (Å²) in [6.45, 7) is 0. The van der Waals surface area contributed by atoms with Crippen LogP contribution in [-0.2, 0) is 0 Å². The van der Waals surface area contributed by atoms with E-state index in [-0.39, 0.29) is 47.0 Å². The van der Waals surface area contributed by atoms with Crippen LogP contribution in [0.4, 0.5) is 0 Å². The summed E-state index contributed by atoms with van der Waals surface area (Å²) in [6, 6.07) is 0. The Morgan fingerprint density at radius 1 is 0.500 bits per heavy atom. The summed E-state index contributed by atoms with van der Waals surface area (Å²) in [7, 11) is 0. The fraction of sp³-hybridized carbons (Fsp3) is 1.00. The van der Waals surface area contributed by atoms with Gasteiger partial charge in [0, 0.05) is 0 Å². The summed E-state index contributed by atoms with van der Waals surface area (Å²) in [4.78, 5) is 0. The van der Waals surface area contributed by atoms with E-state index in [2.05, 4.69) is 0 Å². The van der Waals surface area contributed by atoms with Crippen molar-refractivity contribution in [2.24, 2.45) is 0 Å². The maximum atomic E-state index is 0. The normalized spacial score (nSPS) is 0. The van der Waals surface area contributed by atoms with Gasteiger partial charge in [-0.15, -0.1) is 0 Å². The van der Waals surface area contributed by atoms with E-state index in [0.717, 1.165) is 0 Å². The fourth-order valence-corrected chi connectivity index (χ4v) is 0. The standard InChI is InChI=1S/2CH4.2H3N.2H3P/h2*1H4;4*1H3. The lowest BCUT2D eigenvalue weighted by Crippen LogP contribution is -0.482. The lowest BCUT2D eigenvalue weighted by atomic mass is 12.0. The van der Waals surface area contributed by atoms with Gasteiger partial charge >= 0.3 is 0 Å². The molecule has 6 heavy (non-hydrogen) atoms. The maximum absolute atomic E-state index is 0. The third-order valence-electron chi connectivity index (χ3n) is 0. The molecule has 0 heterocycles. The van der Waals surface area contributed by atoms with E-state index in [1.807, 2.05) is 0 Å². The summed E-state index contributed by atoms with van der Waals surface area (Å²) >= 11 is 0. The van der Waals surface area contributed by atoms with Crippen LogP contribution >= 0.6 is 19.8 Å². The van der Waals surface area contributed by atoms with E-state index in [1.165, 1.54) is 0 Å². The lowest BCUT2D eigenvalue weighted by Gasteiger charge is -0.345. The highest BCUT2D eigenvalue weighted by Crippen LogP contribution is 0.862. The highest BCUT2D eigenvalue weighted by molar-refractivity contribution is 6.92. The molecule has 0 saturated carbocycles. The Balaban J connectivity index is 0. The van der Waals surface area contributed by atoms with Gasteiger partial charge in [0.1, 0.15) is 0 Å². The van der Waals surface area contributed by atoms with E-state index in [4.69, 9.17) is 0 Å².